The number of unbranched alkanes of at least 4 members (excludes halogenated alkanes) is 1. The van der Waals surface area contributed by atoms with Gasteiger partial charge in [0.1, 0.15) is 23.2 Å². The van der Waals surface area contributed by atoms with Gasteiger partial charge >= 0.3 is 5.97 Å². The number of rotatable bonds is 7. The van der Waals surface area contributed by atoms with E-state index in [1.54, 1.807) is 36.4 Å². The van der Waals surface area contributed by atoms with Crippen LogP contribution in [-0.4, -0.2) is 25.5 Å². The standard InChI is InChI=1S/C20H20N2O4/c1-3-4-11-22-19(23)14(13-21)12-15-9-10-18(26-15)16-7-5-6-8-17(16)20(24)25-2/h5-10,12H,3-4,11H2,1-2H3,(H,22,23)/b14-12+. The van der Waals surface area contributed by atoms with Gasteiger partial charge in [-0.2, -0.15) is 5.26 Å². The molecule has 0 atom stereocenters. The van der Waals surface area contributed by atoms with Gasteiger partial charge in [0.05, 0.1) is 12.7 Å². The second kappa shape index (κ2) is 9.23. The molecule has 0 aliphatic rings. The molecule has 6 heteroatoms. The van der Waals surface area contributed by atoms with Gasteiger partial charge in [-0.15, -0.1) is 0 Å². The smallest absolute Gasteiger partial charge is 0.338 e. The highest BCUT2D eigenvalue weighted by Crippen LogP contribution is 2.27. The first kappa shape index (κ1) is 19.0. The Kier molecular flexibility index (Phi) is 6.75. The molecule has 0 unspecified atom stereocenters. The topological polar surface area (TPSA) is 92.3 Å². The van der Waals surface area contributed by atoms with Crippen LogP contribution in [0.15, 0.2) is 46.4 Å². The summed E-state index contributed by atoms with van der Waals surface area (Å²) >= 11 is 0. The zero-order valence-electron chi connectivity index (χ0n) is 14.7. The molecule has 0 saturated carbocycles. The SMILES string of the molecule is CCCCNC(=O)/C(C#N)=C/c1ccc(-c2ccccc2C(=O)OC)o1. The second-order valence-corrected chi connectivity index (χ2v) is 5.52. The molecular weight excluding hydrogens is 332 g/mol. The Hall–Kier alpha value is -3.33. The van der Waals surface area contributed by atoms with Gasteiger partial charge in [0.25, 0.3) is 5.91 Å². The van der Waals surface area contributed by atoms with Crippen molar-refractivity contribution in [3.8, 4) is 17.4 Å². The van der Waals surface area contributed by atoms with Gasteiger partial charge < -0.3 is 14.5 Å². The maximum Gasteiger partial charge on any atom is 0.338 e. The van der Waals surface area contributed by atoms with Crippen LogP contribution < -0.4 is 5.32 Å². The zero-order chi connectivity index (χ0) is 18.9. The number of ether oxygens (including phenoxy) is 1. The van der Waals surface area contributed by atoms with Crippen molar-refractivity contribution in [3.63, 3.8) is 0 Å². The van der Waals surface area contributed by atoms with Crippen molar-refractivity contribution in [2.45, 2.75) is 19.8 Å². The number of hydrogen-bond donors (Lipinski definition) is 1. The van der Waals surface area contributed by atoms with E-state index in [1.165, 1.54) is 13.2 Å². The molecule has 2 rings (SSSR count). The van der Waals surface area contributed by atoms with Crippen molar-refractivity contribution in [2.75, 3.05) is 13.7 Å². The first-order valence-electron chi connectivity index (χ1n) is 8.28. The van der Waals surface area contributed by atoms with Crippen molar-refractivity contribution in [1.82, 2.24) is 5.32 Å². The number of amides is 1. The monoisotopic (exact) mass is 352 g/mol. The average molecular weight is 352 g/mol. The van der Waals surface area contributed by atoms with E-state index in [1.807, 2.05) is 13.0 Å². The van der Waals surface area contributed by atoms with E-state index < -0.39 is 11.9 Å². The Labute approximate surface area is 152 Å². The molecule has 1 N–H and O–H groups in total. The molecule has 0 spiro atoms. The summed E-state index contributed by atoms with van der Waals surface area (Å²) in [4.78, 5) is 23.9. The molecule has 0 bridgehead atoms. The van der Waals surface area contributed by atoms with Crippen molar-refractivity contribution in [3.05, 3.63) is 53.3 Å². The number of esters is 1. The van der Waals surface area contributed by atoms with Crippen molar-refractivity contribution >= 4 is 18.0 Å². The molecule has 1 amide bonds. The molecule has 2 aromatic rings. The summed E-state index contributed by atoms with van der Waals surface area (Å²) in [6, 6.07) is 12.1. The van der Waals surface area contributed by atoms with E-state index in [4.69, 9.17) is 9.15 Å². The predicted octanol–water partition coefficient (Wildman–Crippen LogP) is 3.56. The minimum Gasteiger partial charge on any atom is -0.465 e. The summed E-state index contributed by atoms with van der Waals surface area (Å²) < 4.78 is 10.5. The van der Waals surface area contributed by atoms with Crippen LogP contribution in [-0.2, 0) is 9.53 Å². The van der Waals surface area contributed by atoms with Gasteiger partial charge in [-0.1, -0.05) is 31.5 Å². The van der Waals surface area contributed by atoms with Gasteiger partial charge in [-0.25, -0.2) is 4.79 Å². The van der Waals surface area contributed by atoms with Crippen LogP contribution in [0.2, 0.25) is 0 Å². The third-order valence-electron chi connectivity index (χ3n) is 3.69. The Balaban J connectivity index is 2.26. The van der Waals surface area contributed by atoms with Crippen LogP contribution in [0.1, 0.15) is 35.9 Å². The van der Waals surface area contributed by atoms with Gasteiger partial charge in [0.15, 0.2) is 0 Å². The molecule has 0 radical (unpaired) electrons. The number of hydrogen-bond acceptors (Lipinski definition) is 5. The van der Waals surface area contributed by atoms with E-state index >= 15 is 0 Å². The second-order valence-electron chi connectivity index (χ2n) is 5.52. The largest absolute Gasteiger partial charge is 0.465 e. The number of nitrogens with one attached hydrogen (secondary N) is 1. The lowest BCUT2D eigenvalue weighted by atomic mass is 10.1. The van der Waals surface area contributed by atoms with Crippen LogP contribution in [0.4, 0.5) is 0 Å². The van der Waals surface area contributed by atoms with Crippen LogP contribution in [0.25, 0.3) is 17.4 Å². The molecule has 1 aromatic heterocycles. The van der Waals surface area contributed by atoms with Gasteiger partial charge in [-0.05, 0) is 24.6 Å². The highest BCUT2D eigenvalue weighted by atomic mass is 16.5. The van der Waals surface area contributed by atoms with E-state index in [0.717, 1.165) is 12.8 Å². The minimum absolute atomic E-state index is 0.0387. The first-order valence-corrected chi connectivity index (χ1v) is 8.28. The number of nitrogens with zero attached hydrogens (tertiary/aromatic N) is 1. The molecule has 0 aliphatic heterocycles. The van der Waals surface area contributed by atoms with Gasteiger partial charge in [0, 0.05) is 18.2 Å². The van der Waals surface area contributed by atoms with Crippen molar-refractivity contribution in [2.24, 2.45) is 0 Å². The summed E-state index contributed by atoms with van der Waals surface area (Å²) in [7, 11) is 1.31. The summed E-state index contributed by atoms with van der Waals surface area (Å²) in [5.74, 6) is -0.112. The van der Waals surface area contributed by atoms with Crippen LogP contribution in [0.5, 0.6) is 0 Å². The quantitative estimate of drug-likeness (QED) is 0.356. The lowest BCUT2D eigenvalue weighted by Gasteiger charge is -2.05. The van der Waals surface area contributed by atoms with Gasteiger partial charge in [-0.3, -0.25) is 4.79 Å². The Morgan fingerprint density at radius 3 is 2.73 bits per heavy atom. The lowest BCUT2D eigenvalue weighted by molar-refractivity contribution is -0.117. The summed E-state index contributed by atoms with van der Waals surface area (Å²) in [5, 5.41) is 11.9. The van der Waals surface area contributed by atoms with E-state index in [2.05, 4.69) is 5.32 Å². The fraction of sp³-hybridized carbons (Fsp3) is 0.250. The van der Waals surface area contributed by atoms with Crippen LogP contribution in [0, 0.1) is 11.3 Å². The fourth-order valence-corrected chi connectivity index (χ4v) is 2.33. The Morgan fingerprint density at radius 1 is 1.27 bits per heavy atom. The number of carbonyl (C=O) groups is 2. The van der Waals surface area contributed by atoms with E-state index in [0.29, 0.717) is 29.2 Å². The third-order valence-corrected chi connectivity index (χ3v) is 3.69. The number of carbonyl (C=O) groups excluding carboxylic acids is 2. The predicted molar refractivity (Wildman–Crippen MR) is 97.0 cm³/mol. The van der Waals surface area contributed by atoms with Crippen molar-refractivity contribution < 1.29 is 18.7 Å². The van der Waals surface area contributed by atoms with E-state index in [-0.39, 0.29) is 5.57 Å². The van der Waals surface area contributed by atoms with Crippen molar-refractivity contribution in [1.29, 1.82) is 5.26 Å². The fourth-order valence-electron chi connectivity index (χ4n) is 2.33. The Morgan fingerprint density at radius 2 is 2.04 bits per heavy atom. The molecule has 26 heavy (non-hydrogen) atoms. The average Bonchev–Trinajstić information content (AvgIpc) is 3.14. The molecular formula is C20H20N2O4. The normalized spacial score (nSPS) is 10.9. The highest BCUT2D eigenvalue weighted by Gasteiger charge is 2.16. The molecule has 1 heterocycles. The third kappa shape index (κ3) is 4.61. The zero-order valence-corrected chi connectivity index (χ0v) is 14.7. The molecule has 0 saturated heterocycles. The molecule has 6 nitrogen and oxygen atoms in total. The van der Waals surface area contributed by atoms with Crippen LogP contribution in [0.3, 0.4) is 0 Å². The first-order chi connectivity index (χ1) is 12.6. The van der Waals surface area contributed by atoms with Crippen LogP contribution >= 0.6 is 0 Å². The molecule has 134 valence electrons. The summed E-state index contributed by atoms with van der Waals surface area (Å²) in [5.41, 5.74) is 0.908. The van der Waals surface area contributed by atoms with Gasteiger partial charge in [0.2, 0.25) is 0 Å². The summed E-state index contributed by atoms with van der Waals surface area (Å²) in [6.45, 7) is 2.54. The molecule has 1 aromatic carbocycles. The number of benzene rings is 1. The lowest BCUT2D eigenvalue weighted by Crippen LogP contribution is -2.25. The highest BCUT2D eigenvalue weighted by molar-refractivity contribution is 6.01. The minimum atomic E-state index is -0.470. The maximum absolute atomic E-state index is 12.0. The number of methoxy groups -OCH3 is 1. The number of nitriles is 1. The molecule has 0 aliphatic carbocycles. The maximum atomic E-state index is 12.0. The Bertz CT molecular complexity index is 859. The van der Waals surface area contributed by atoms with E-state index in [9.17, 15) is 14.9 Å². The molecule has 0 fully saturated rings. The summed E-state index contributed by atoms with van der Waals surface area (Å²) in [6.07, 6.45) is 3.18. The number of furan rings is 1.